The second kappa shape index (κ2) is 4.84. The summed E-state index contributed by atoms with van der Waals surface area (Å²) in [7, 11) is 0. The maximum atomic E-state index is 12.7. The third-order valence-corrected chi connectivity index (χ3v) is 4.68. The molecule has 2 aromatic rings. The Morgan fingerprint density at radius 3 is 2.79 bits per heavy atom. The molecular formula is C15H15Cl2NO. The van der Waals surface area contributed by atoms with E-state index in [4.69, 9.17) is 23.2 Å². The van der Waals surface area contributed by atoms with Gasteiger partial charge >= 0.3 is 0 Å². The van der Waals surface area contributed by atoms with Crippen LogP contribution in [-0.2, 0) is 0 Å². The second-order valence-corrected chi connectivity index (χ2v) is 6.24. The number of carbonyl (C=O) groups excluding carboxylic acids is 1. The molecule has 1 fully saturated rings. The number of aromatic amines is 1. The number of Topliss-reactive ketones (excluding diaryl/α,β-unsaturated/α-hetero) is 1. The fraction of sp³-hybridized carbons (Fsp3) is 0.400. The van der Waals surface area contributed by atoms with Gasteiger partial charge < -0.3 is 4.98 Å². The van der Waals surface area contributed by atoms with Gasteiger partial charge in [0.1, 0.15) is 0 Å². The summed E-state index contributed by atoms with van der Waals surface area (Å²) in [5.74, 6) is 0.801. The van der Waals surface area contributed by atoms with Crippen molar-refractivity contribution < 1.29 is 4.79 Å². The molecule has 0 amide bonds. The number of hydrogen-bond donors (Lipinski definition) is 1. The molecule has 0 bridgehead atoms. The molecule has 0 spiro atoms. The molecular weight excluding hydrogens is 281 g/mol. The van der Waals surface area contributed by atoms with Crippen molar-refractivity contribution in [2.24, 2.45) is 11.8 Å². The smallest absolute Gasteiger partial charge is 0.168 e. The summed E-state index contributed by atoms with van der Waals surface area (Å²) in [6.45, 7) is 2.16. The summed E-state index contributed by atoms with van der Waals surface area (Å²) >= 11 is 12.2. The summed E-state index contributed by atoms with van der Waals surface area (Å²) in [6, 6.07) is 3.49. The van der Waals surface area contributed by atoms with Gasteiger partial charge in [-0.1, -0.05) is 36.5 Å². The van der Waals surface area contributed by atoms with Crippen molar-refractivity contribution in [3.8, 4) is 0 Å². The molecule has 100 valence electrons. The van der Waals surface area contributed by atoms with Crippen LogP contribution >= 0.6 is 23.2 Å². The first-order valence-corrected chi connectivity index (χ1v) is 7.34. The molecule has 2 nitrogen and oxygen atoms in total. The van der Waals surface area contributed by atoms with Crippen LogP contribution in [0.5, 0.6) is 0 Å². The van der Waals surface area contributed by atoms with E-state index in [-0.39, 0.29) is 11.7 Å². The standard InChI is InChI=1S/C15H15Cl2NO/c1-8-3-2-4-10(8)15(19)11-7-18-13-6-9(16)5-12(17)14(11)13/h5-8,10,18H,2-4H2,1H3. The highest BCUT2D eigenvalue weighted by Crippen LogP contribution is 2.37. The minimum Gasteiger partial charge on any atom is -0.360 e. The van der Waals surface area contributed by atoms with E-state index < -0.39 is 0 Å². The van der Waals surface area contributed by atoms with Crippen LogP contribution in [0, 0.1) is 11.8 Å². The van der Waals surface area contributed by atoms with Crippen LogP contribution in [0.15, 0.2) is 18.3 Å². The number of H-pyrrole nitrogens is 1. The highest BCUT2D eigenvalue weighted by molar-refractivity contribution is 6.39. The van der Waals surface area contributed by atoms with Crippen molar-refractivity contribution in [1.29, 1.82) is 0 Å². The monoisotopic (exact) mass is 295 g/mol. The lowest BCUT2D eigenvalue weighted by Gasteiger charge is -2.13. The van der Waals surface area contributed by atoms with E-state index in [0.717, 1.165) is 30.2 Å². The minimum atomic E-state index is 0.130. The Balaban J connectivity index is 2.08. The predicted octanol–water partition coefficient (Wildman–Crippen LogP) is 5.09. The molecule has 1 saturated carbocycles. The van der Waals surface area contributed by atoms with Gasteiger partial charge in [0.2, 0.25) is 0 Å². The quantitative estimate of drug-likeness (QED) is 0.769. The lowest BCUT2D eigenvalue weighted by atomic mass is 9.89. The molecule has 3 rings (SSSR count). The Morgan fingerprint density at radius 2 is 2.11 bits per heavy atom. The zero-order chi connectivity index (χ0) is 13.6. The van der Waals surface area contributed by atoms with E-state index in [0.29, 0.717) is 21.5 Å². The van der Waals surface area contributed by atoms with Gasteiger partial charge in [-0.15, -0.1) is 0 Å². The molecule has 0 radical (unpaired) electrons. The number of rotatable bonds is 2. The molecule has 2 unspecified atom stereocenters. The summed E-state index contributed by atoms with van der Waals surface area (Å²) < 4.78 is 0. The van der Waals surface area contributed by atoms with Gasteiger partial charge in [-0.3, -0.25) is 4.79 Å². The number of aromatic nitrogens is 1. The van der Waals surface area contributed by atoms with Crippen molar-refractivity contribution in [3.05, 3.63) is 33.9 Å². The van der Waals surface area contributed by atoms with Crippen LogP contribution in [0.2, 0.25) is 10.0 Å². The van der Waals surface area contributed by atoms with E-state index in [2.05, 4.69) is 11.9 Å². The molecule has 1 aliphatic carbocycles. The van der Waals surface area contributed by atoms with Gasteiger partial charge in [-0.25, -0.2) is 0 Å². The lowest BCUT2D eigenvalue weighted by Crippen LogP contribution is -2.16. The highest BCUT2D eigenvalue weighted by Gasteiger charge is 2.31. The average Bonchev–Trinajstić information content (AvgIpc) is 2.94. The third-order valence-electron chi connectivity index (χ3n) is 4.16. The molecule has 1 aromatic heterocycles. The van der Waals surface area contributed by atoms with Crippen molar-refractivity contribution in [1.82, 2.24) is 4.98 Å². The number of halogens is 2. The molecule has 1 aromatic carbocycles. The maximum absolute atomic E-state index is 12.7. The molecule has 1 N–H and O–H groups in total. The van der Waals surface area contributed by atoms with Gasteiger partial charge in [0.25, 0.3) is 0 Å². The van der Waals surface area contributed by atoms with E-state index in [9.17, 15) is 4.79 Å². The van der Waals surface area contributed by atoms with Gasteiger partial charge in [0.05, 0.1) is 5.02 Å². The van der Waals surface area contributed by atoms with Gasteiger partial charge in [0, 0.05) is 33.6 Å². The first-order chi connectivity index (χ1) is 9.08. The second-order valence-electron chi connectivity index (χ2n) is 5.39. The van der Waals surface area contributed by atoms with E-state index in [1.54, 1.807) is 18.3 Å². The lowest BCUT2D eigenvalue weighted by molar-refractivity contribution is 0.0899. The van der Waals surface area contributed by atoms with Crippen molar-refractivity contribution in [2.45, 2.75) is 26.2 Å². The molecule has 19 heavy (non-hydrogen) atoms. The number of fused-ring (bicyclic) bond motifs is 1. The van der Waals surface area contributed by atoms with Crippen molar-refractivity contribution in [2.75, 3.05) is 0 Å². The molecule has 1 heterocycles. The molecule has 4 heteroatoms. The topological polar surface area (TPSA) is 32.9 Å². The van der Waals surface area contributed by atoms with Gasteiger partial charge in [0.15, 0.2) is 5.78 Å². The Morgan fingerprint density at radius 1 is 1.32 bits per heavy atom. The third kappa shape index (κ3) is 2.17. The fourth-order valence-corrected chi connectivity index (χ4v) is 3.71. The van der Waals surface area contributed by atoms with Crippen LogP contribution in [0.4, 0.5) is 0 Å². The van der Waals surface area contributed by atoms with Crippen LogP contribution in [0.25, 0.3) is 10.9 Å². The average molecular weight is 296 g/mol. The first-order valence-electron chi connectivity index (χ1n) is 6.58. The summed E-state index contributed by atoms with van der Waals surface area (Å²) in [6.07, 6.45) is 5.02. The predicted molar refractivity (Wildman–Crippen MR) is 79.2 cm³/mol. The van der Waals surface area contributed by atoms with E-state index >= 15 is 0 Å². The normalized spacial score (nSPS) is 23.1. The number of nitrogens with one attached hydrogen (secondary N) is 1. The number of carbonyl (C=O) groups is 1. The van der Waals surface area contributed by atoms with E-state index in [1.165, 1.54) is 0 Å². The van der Waals surface area contributed by atoms with Crippen LogP contribution in [0.3, 0.4) is 0 Å². The molecule has 0 saturated heterocycles. The maximum Gasteiger partial charge on any atom is 0.168 e. The van der Waals surface area contributed by atoms with Crippen molar-refractivity contribution >= 4 is 39.9 Å². The van der Waals surface area contributed by atoms with Crippen LogP contribution in [-0.4, -0.2) is 10.8 Å². The van der Waals surface area contributed by atoms with Gasteiger partial charge in [-0.2, -0.15) is 0 Å². The summed E-state index contributed by atoms with van der Waals surface area (Å²) in [5.41, 5.74) is 1.53. The fourth-order valence-electron chi connectivity index (χ4n) is 3.11. The van der Waals surface area contributed by atoms with Crippen LogP contribution in [0.1, 0.15) is 36.5 Å². The number of hydrogen-bond acceptors (Lipinski definition) is 1. The number of ketones is 1. The highest BCUT2D eigenvalue weighted by atomic mass is 35.5. The van der Waals surface area contributed by atoms with E-state index in [1.807, 2.05) is 0 Å². The Hall–Kier alpha value is -0.990. The molecule has 2 atom stereocenters. The zero-order valence-electron chi connectivity index (χ0n) is 10.7. The first kappa shape index (κ1) is 13.0. The molecule has 0 aliphatic heterocycles. The summed E-state index contributed by atoms with van der Waals surface area (Å²) in [4.78, 5) is 15.8. The Labute approximate surface area is 122 Å². The zero-order valence-corrected chi connectivity index (χ0v) is 12.2. The minimum absolute atomic E-state index is 0.130. The number of benzene rings is 1. The van der Waals surface area contributed by atoms with Crippen LogP contribution < -0.4 is 0 Å². The summed E-state index contributed by atoms with van der Waals surface area (Å²) in [5, 5.41) is 1.92. The Bertz CT molecular complexity index is 647. The molecule has 1 aliphatic rings. The Kier molecular flexibility index (Phi) is 3.32. The van der Waals surface area contributed by atoms with Gasteiger partial charge in [-0.05, 0) is 30.9 Å². The largest absolute Gasteiger partial charge is 0.360 e. The van der Waals surface area contributed by atoms with Crippen molar-refractivity contribution in [3.63, 3.8) is 0 Å². The SMILES string of the molecule is CC1CCCC1C(=O)c1c[nH]c2cc(Cl)cc(Cl)c12.